The minimum atomic E-state index is -0.105. The zero-order chi connectivity index (χ0) is 29.6. The molecule has 7 heteroatoms. The lowest BCUT2D eigenvalue weighted by Crippen LogP contribution is -2.60. The van der Waals surface area contributed by atoms with Crippen molar-refractivity contribution in [2.24, 2.45) is 0 Å². The number of anilines is 2. The second-order valence-corrected chi connectivity index (χ2v) is 13.9. The second-order valence-electron chi connectivity index (χ2n) is 13.9. The molecule has 2 aliphatic rings. The Labute approximate surface area is 250 Å². The third-order valence-corrected chi connectivity index (χ3v) is 9.35. The molecule has 1 saturated carbocycles. The summed E-state index contributed by atoms with van der Waals surface area (Å²) in [6.45, 7) is 16.2. The van der Waals surface area contributed by atoms with E-state index in [0.717, 1.165) is 54.6 Å². The van der Waals surface area contributed by atoms with E-state index in [1.165, 1.54) is 48.1 Å². The lowest BCUT2D eigenvalue weighted by molar-refractivity contribution is 0.408. The maximum Gasteiger partial charge on any atom is 0.227 e. The van der Waals surface area contributed by atoms with Gasteiger partial charge in [-0.05, 0) is 80.0 Å². The van der Waals surface area contributed by atoms with Crippen LogP contribution in [0.25, 0.3) is 11.2 Å². The van der Waals surface area contributed by atoms with Crippen molar-refractivity contribution < 1.29 is 4.74 Å². The predicted octanol–water partition coefficient (Wildman–Crippen LogP) is 7.25. The van der Waals surface area contributed by atoms with Crippen molar-refractivity contribution in [3.8, 4) is 5.75 Å². The summed E-state index contributed by atoms with van der Waals surface area (Å²) in [6.07, 6.45) is 7.75. The summed E-state index contributed by atoms with van der Waals surface area (Å²) in [7, 11) is 1.71. The molecule has 1 saturated heterocycles. The molecule has 0 atom stereocenters. The zero-order valence-corrected chi connectivity index (χ0v) is 26.4. The molecule has 0 bridgehead atoms. The molecule has 6 rings (SSSR count). The number of hydrogen-bond donors (Lipinski definition) is 0. The number of nitrogens with zero attached hydrogens (tertiary/aromatic N) is 6. The van der Waals surface area contributed by atoms with Crippen molar-refractivity contribution in [1.82, 2.24) is 19.5 Å². The molecule has 0 amide bonds. The van der Waals surface area contributed by atoms with Gasteiger partial charge in [-0.3, -0.25) is 0 Å². The van der Waals surface area contributed by atoms with E-state index >= 15 is 0 Å². The normalized spacial score (nSPS) is 17.8. The van der Waals surface area contributed by atoms with E-state index in [0.29, 0.717) is 6.04 Å². The first-order valence-electron chi connectivity index (χ1n) is 15.5. The number of imidazole rings is 1. The Kier molecular flexibility index (Phi) is 7.40. The minimum Gasteiger partial charge on any atom is -0.497 e. The SMILES string of the molecule is COc1ccc(N2CCN(c3nc(Cc4cc(C(C)(C)C)ccc4C)c4c(ncn4C4CCCC4)n3)CC2(C)C)cc1. The number of hydrogen-bond acceptors (Lipinski definition) is 6. The van der Waals surface area contributed by atoms with Gasteiger partial charge < -0.3 is 19.1 Å². The molecule has 0 N–H and O–H groups in total. The number of methoxy groups -OCH3 is 1. The van der Waals surface area contributed by atoms with Crippen LogP contribution in [-0.2, 0) is 11.8 Å². The van der Waals surface area contributed by atoms with Crippen LogP contribution >= 0.6 is 0 Å². The van der Waals surface area contributed by atoms with Crippen LogP contribution in [0.4, 0.5) is 11.6 Å². The van der Waals surface area contributed by atoms with Crippen molar-refractivity contribution in [2.45, 2.75) is 90.6 Å². The molecule has 222 valence electrons. The number of aryl methyl sites for hydroxylation is 1. The van der Waals surface area contributed by atoms with Crippen LogP contribution in [0.2, 0.25) is 0 Å². The van der Waals surface area contributed by atoms with Crippen molar-refractivity contribution in [1.29, 1.82) is 0 Å². The van der Waals surface area contributed by atoms with E-state index in [2.05, 4.69) is 86.2 Å². The Morgan fingerprint density at radius 2 is 1.71 bits per heavy atom. The second kappa shape index (κ2) is 10.9. The van der Waals surface area contributed by atoms with E-state index in [4.69, 9.17) is 19.7 Å². The first kappa shape index (κ1) is 28.5. The van der Waals surface area contributed by atoms with Crippen LogP contribution < -0.4 is 14.5 Å². The summed E-state index contributed by atoms with van der Waals surface area (Å²) < 4.78 is 7.77. The average molecular weight is 567 g/mol. The number of aromatic nitrogens is 4. The van der Waals surface area contributed by atoms with Gasteiger partial charge in [-0.25, -0.2) is 9.97 Å². The van der Waals surface area contributed by atoms with Gasteiger partial charge >= 0.3 is 0 Å². The zero-order valence-electron chi connectivity index (χ0n) is 26.4. The molecule has 2 aromatic carbocycles. The molecule has 0 unspecified atom stereocenters. The Hall–Kier alpha value is -3.61. The summed E-state index contributed by atoms with van der Waals surface area (Å²) in [5.74, 6) is 1.67. The average Bonchev–Trinajstić information content (AvgIpc) is 3.63. The quantitative estimate of drug-likeness (QED) is 0.245. The van der Waals surface area contributed by atoms with Crippen LogP contribution in [0.15, 0.2) is 48.8 Å². The molecule has 7 nitrogen and oxygen atoms in total. The fourth-order valence-corrected chi connectivity index (χ4v) is 6.80. The van der Waals surface area contributed by atoms with Crippen LogP contribution in [0.3, 0.4) is 0 Å². The fraction of sp³-hybridized carbons (Fsp3) is 0.514. The van der Waals surface area contributed by atoms with Gasteiger partial charge in [0.25, 0.3) is 0 Å². The fourth-order valence-electron chi connectivity index (χ4n) is 6.80. The molecule has 1 aliphatic carbocycles. The van der Waals surface area contributed by atoms with E-state index in [-0.39, 0.29) is 11.0 Å². The Bertz CT molecular complexity index is 1560. The number of ether oxygens (including phenoxy) is 1. The Morgan fingerprint density at radius 1 is 0.976 bits per heavy atom. The molecule has 42 heavy (non-hydrogen) atoms. The summed E-state index contributed by atoms with van der Waals surface area (Å²) >= 11 is 0. The summed E-state index contributed by atoms with van der Waals surface area (Å²) in [5, 5.41) is 0. The van der Waals surface area contributed by atoms with Gasteiger partial charge in [-0.2, -0.15) is 4.98 Å². The summed E-state index contributed by atoms with van der Waals surface area (Å²) in [6, 6.07) is 15.8. The van der Waals surface area contributed by atoms with Gasteiger partial charge in [0.05, 0.1) is 24.7 Å². The maximum absolute atomic E-state index is 5.39. The highest BCUT2D eigenvalue weighted by atomic mass is 16.5. The van der Waals surface area contributed by atoms with E-state index in [1.807, 2.05) is 18.5 Å². The third-order valence-electron chi connectivity index (χ3n) is 9.35. The van der Waals surface area contributed by atoms with Crippen molar-refractivity contribution in [3.63, 3.8) is 0 Å². The molecule has 0 spiro atoms. The molecular weight excluding hydrogens is 520 g/mol. The van der Waals surface area contributed by atoms with E-state index < -0.39 is 0 Å². The third kappa shape index (κ3) is 5.46. The number of piperazine rings is 1. The Balaban J connectivity index is 1.37. The first-order chi connectivity index (χ1) is 20.0. The molecule has 4 aromatic rings. The van der Waals surface area contributed by atoms with Gasteiger partial charge in [-0.1, -0.05) is 51.8 Å². The van der Waals surface area contributed by atoms with Crippen LogP contribution in [0.5, 0.6) is 5.75 Å². The minimum absolute atomic E-state index is 0.0926. The number of benzene rings is 2. The maximum atomic E-state index is 5.39. The molecular formula is C35H46N6O. The van der Waals surface area contributed by atoms with Gasteiger partial charge in [0.2, 0.25) is 5.95 Å². The van der Waals surface area contributed by atoms with Gasteiger partial charge in [0.1, 0.15) is 11.3 Å². The van der Waals surface area contributed by atoms with Gasteiger partial charge in [0.15, 0.2) is 5.65 Å². The van der Waals surface area contributed by atoms with E-state index in [1.54, 1.807) is 7.11 Å². The van der Waals surface area contributed by atoms with Crippen molar-refractivity contribution >= 4 is 22.8 Å². The lowest BCUT2D eigenvalue weighted by Gasteiger charge is -2.48. The van der Waals surface area contributed by atoms with Crippen LogP contribution in [0.1, 0.15) is 88.7 Å². The Morgan fingerprint density at radius 3 is 2.38 bits per heavy atom. The number of fused-ring (bicyclic) bond motifs is 1. The standard InChI is InChI=1S/C35H46N6O/c1-24-12-13-26(34(2,3)4)20-25(24)21-30-31-32(36-23-40(31)27-10-8-9-11-27)38-33(37-30)39-18-19-41(35(5,6)22-39)28-14-16-29(42-7)17-15-28/h12-17,20,23,27H,8-11,18-19,21-22H2,1-7H3. The smallest absolute Gasteiger partial charge is 0.227 e. The molecule has 3 heterocycles. The van der Waals surface area contributed by atoms with E-state index in [9.17, 15) is 0 Å². The topological polar surface area (TPSA) is 59.3 Å². The highest BCUT2D eigenvalue weighted by Gasteiger charge is 2.35. The van der Waals surface area contributed by atoms with Gasteiger partial charge in [0, 0.05) is 37.8 Å². The summed E-state index contributed by atoms with van der Waals surface area (Å²) in [4.78, 5) is 20.2. The van der Waals surface area contributed by atoms with Crippen molar-refractivity contribution in [3.05, 3.63) is 71.2 Å². The highest BCUT2D eigenvalue weighted by Crippen LogP contribution is 2.35. The monoisotopic (exact) mass is 566 g/mol. The lowest BCUT2D eigenvalue weighted by atomic mass is 9.84. The number of rotatable bonds is 6. The van der Waals surface area contributed by atoms with Crippen LogP contribution in [-0.4, -0.2) is 51.8 Å². The van der Waals surface area contributed by atoms with Crippen molar-refractivity contribution in [2.75, 3.05) is 36.5 Å². The van der Waals surface area contributed by atoms with Gasteiger partial charge in [-0.15, -0.1) is 0 Å². The van der Waals surface area contributed by atoms with Crippen LogP contribution in [0, 0.1) is 6.92 Å². The molecule has 2 aromatic heterocycles. The summed E-state index contributed by atoms with van der Waals surface area (Å²) in [5.41, 5.74) is 8.21. The molecule has 2 fully saturated rings. The first-order valence-corrected chi connectivity index (χ1v) is 15.5. The molecule has 0 radical (unpaired) electrons. The largest absolute Gasteiger partial charge is 0.497 e. The molecule has 1 aliphatic heterocycles. The highest BCUT2D eigenvalue weighted by molar-refractivity contribution is 5.76. The predicted molar refractivity (Wildman–Crippen MR) is 172 cm³/mol.